The van der Waals surface area contributed by atoms with Crippen LogP contribution in [0.4, 0.5) is 28.8 Å². The number of aromatic nitrogens is 4. The van der Waals surface area contributed by atoms with Gasteiger partial charge in [-0.2, -0.15) is 4.98 Å². The van der Waals surface area contributed by atoms with Gasteiger partial charge in [-0.1, -0.05) is 6.07 Å². The van der Waals surface area contributed by atoms with Gasteiger partial charge in [-0.25, -0.2) is 4.98 Å². The standard InChI is InChI=1S/C40H49BrN9O2P/c1-47-18-20-49(21-19-47)28-13-16-50(17-14-28)36-23-37(52-3)35(22-30(36)27-12-15-48(2)25-27)45-40-42-24-31(41)39(46-40)44-34-11-10-33-29(38(34)53(4,5)51)8-9-32(43-33)26-6-7-26/h8-12,15,22-26,28H,6-7,13-14,16-21H2,1-5H3,(H2,42,44,45,46). The molecule has 2 saturated heterocycles. The first-order valence-corrected chi connectivity index (χ1v) is 22.0. The fourth-order valence-corrected chi connectivity index (χ4v) is 9.67. The Labute approximate surface area is 320 Å². The number of anilines is 5. The lowest BCUT2D eigenvalue weighted by molar-refractivity contribution is 0.0982. The van der Waals surface area contributed by atoms with Crippen LogP contribution in [0.15, 0.2) is 65.5 Å². The highest BCUT2D eigenvalue weighted by Crippen LogP contribution is 2.45. The first kappa shape index (κ1) is 36.0. The number of hydrogen-bond donors (Lipinski definition) is 2. The third-order valence-electron chi connectivity index (χ3n) is 11.0. The topological polar surface area (TPSA) is 104 Å². The summed E-state index contributed by atoms with van der Waals surface area (Å²) in [5.74, 6) is 2.22. The Morgan fingerprint density at radius 1 is 0.887 bits per heavy atom. The first-order valence-electron chi connectivity index (χ1n) is 18.6. The summed E-state index contributed by atoms with van der Waals surface area (Å²) < 4.78 is 22.6. The van der Waals surface area contributed by atoms with Crippen molar-refractivity contribution >= 4 is 68.1 Å². The number of aryl methyl sites for hydroxylation is 1. The average Bonchev–Trinajstić information content (AvgIpc) is 3.92. The van der Waals surface area contributed by atoms with Gasteiger partial charge in [0.15, 0.2) is 0 Å². The Balaban J connectivity index is 1.08. The van der Waals surface area contributed by atoms with Gasteiger partial charge in [0.05, 0.1) is 28.5 Å². The summed E-state index contributed by atoms with van der Waals surface area (Å²) in [5.41, 5.74) is 6.92. The lowest BCUT2D eigenvalue weighted by Gasteiger charge is -2.43. The van der Waals surface area contributed by atoms with Gasteiger partial charge in [0.1, 0.15) is 18.7 Å². The minimum absolute atomic E-state index is 0.406. The van der Waals surface area contributed by atoms with E-state index in [1.807, 2.05) is 12.1 Å². The molecule has 11 nitrogen and oxygen atoms in total. The molecule has 53 heavy (non-hydrogen) atoms. The number of pyridine rings is 1. The van der Waals surface area contributed by atoms with Gasteiger partial charge in [-0.05, 0) is 92.3 Å². The molecule has 0 spiro atoms. The molecule has 0 unspecified atom stereocenters. The highest BCUT2D eigenvalue weighted by molar-refractivity contribution is 9.10. The second-order valence-corrected chi connectivity index (χ2v) is 19.2. The largest absolute Gasteiger partial charge is 0.494 e. The zero-order valence-corrected chi connectivity index (χ0v) is 33.8. The fourth-order valence-electron chi connectivity index (χ4n) is 7.90. The minimum Gasteiger partial charge on any atom is -0.494 e. The van der Waals surface area contributed by atoms with Crippen molar-refractivity contribution in [1.82, 2.24) is 29.3 Å². The van der Waals surface area contributed by atoms with Crippen LogP contribution >= 0.6 is 23.1 Å². The van der Waals surface area contributed by atoms with E-state index in [0.29, 0.717) is 28.2 Å². The molecule has 278 valence electrons. The van der Waals surface area contributed by atoms with Gasteiger partial charge in [0.2, 0.25) is 5.95 Å². The van der Waals surface area contributed by atoms with E-state index in [-0.39, 0.29) is 0 Å². The number of benzene rings is 2. The number of methoxy groups -OCH3 is 1. The summed E-state index contributed by atoms with van der Waals surface area (Å²) in [5, 5.41) is 8.61. The molecule has 13 heteroatoms. The summed E-state index contributed by atoms with van der Waals surface area (Å²) in [7, 11) is 3.26. The number of nitrogens with one attached hydrogen (secondary N) is 2. The lowest BCUT2D eigenvalue weighted by Crippen LogP contribution is -2.52. The molecule has 3 aromatic heterocycles. The molecule has 2 N–H and O–H groups in total. The van der Waals surface area contributed by atoms with Crippen LogP contribution in [0, 0.1) is 0 Å². The maximum absolute atomic E-state index is 13.8. The number of fused-ring (bicyclic) bond motifs is 1. The maximum Gasteiger partial charge on any atom is 0.229 e. The van der Waals surface area contributed by atoms with E-state index < -0.39 is 7.14 Å². The van der Waals surface area contributed by atoms with E-state index in [1.54, 1.807) is 26.6 Å². The highest BCUT2D eigenvalue weighted by atomic mass is 79.9. The second-order valence-electron chi connectivity index (χ2n) is 15.2. The summed E-state index contributed by atoms with van der Waals surface area (Å²) in [6.45, 7) is 10.2. The molecule has 2 aromatic carbocycles. The van der Waals surface area contributed by atoms with Crippen LogP contribution in [0.5, 0.6) is 5.75 Å². The Morgan fingerprint density at radius 2 is 1.66 bits per heavy atom. The van der Waals surface area contributed by atoms with Crippen molar-refractivity contribution < 1.29 is 9.30 Å². The zero-order chi connectivity index (χ0) is 36.9. The van der Waals surface area contributed by atoms with E-state index in [2.05, 4.69) is 108 Å². The lowest BCUT2D eigenvalue weighted by atomic mass is 9.98. The SMILES string of the molecule is COc1cc(N2CCC(N3CCN(C)CC3)CC2)c(-c2ccn(C)c2)cc1Nc1ncc(Br)c(Nc2ccc3nc(C4CC4)ccc3c2P(C)(C)=O)n1. The first-order chi connectivity index (χ1) is 25.5. The Bertz CT molecular complexity index is 2180. The van der Waals surface area contributed by atoms with Crippen molar-refractivity contribution in [2.75, 3.05) is 82.3 Å². The Kier molecular flexibility index (Phi) is 9.99. The molecule has 1 aliphatic carbocycles. The van der Waals surface area contributed by atoms with Crippen LogP contribution < -0.4 is 25.6 Å². The number of piperazine rings is 1. The van der Waals surface area contributed by atoms with Gasteiger partial charge in [-0.3, -0.25) is 9.88 Å². The molecule has 8 rings (SSSR count). The van der Waals surface area contributed by atoms with Gasteiger partial charge < -0.3 is 34.3 Å². The molecule has 5 heterocycles. The Hall–Kier alpha value is -3.96. The molecule has 3 aliphatic rings. The van der Waals surface area contributed by atoms with E-state index in [4.69, 9.17) is 14.7 Å². The third-order valence-corrected chi connectivity index (χ3v) is 13.1. The minimum atomic E-state index is -2.72. The zero-order valence-electron chi connectivity index (χ0n) is 31.3. The van der Waals surface area contributed by atoms with Crippen molar-refractivity contribution in [2.45, 2.75) is 37.6 Å². The number of ether oxygens (including phenoxy) is 1. The quantitative estimate of drug-likeness (QED) is 0.137. The summed E-state index contributed by atoms with van der Waals surface area (Å²) in [6.07, 6.45) is 10.6. The molecule has 0 amide bonds. The average molecular weight is 799 g/mol. The number of rotatable bonds is 10. The Morgan fingerprint density at radius 3 is 2.34 bits per heavy atom. The summed E-state index contributed by atoms with van der Waals surface area (Å²) in [4.78, 5) is 22.1. The molecule has 2 aliphatic heterocycles. The van der Waals surface area contributed by atoms with Crippen LogP contribution in [-0.2, 0) is 11.6 Å². The van der Waals surface area contributed by atoms with Crippen molar-refractivity contribution in [1.29, 1.82) is 0 Å². The van der Waals surface area contributed by atoms with E-state index in [1.165, 1.54) is 18.5 Å². The normalized spacial score (nSPS) is 17.7. The molecule has 5 aromatic rings. The smallest absolute Gasteiger partial charge is 0.229 e. The number of piperidine rings is 1. The van der Waals surface area contributed by atoms with Crippen molar-refractivity contribution in [3.8, 4) is 16.9 Å². The molecule has 0 bridgehead atoms. The summed E-state index contributed by atoms with van der Waals surface area (Å²) >= 11 is 3.65. The molecule has 1 saturated carbocycles. The van der Waals surface area contributed by atoms with E-state index in [0.717, 1.165) is 102 Å². The molecular weight excluding hydrogens is 749 g/mol. The maximum atomic E-state index is 13.8. The second kappa shape index (κ2) is 14.7. The van der Waals surface area contributed by atoms with Crippen LogP contribution in [-0.4, -0.2) is 102 Å². The number of nitrogens with zero attached hydrogens (tertiary/aromatic N) is 7. The van der Waals surface area contributed by atoms with E-state index in [9.17, 15) is 4.57 Å². The number of hydrogen-bond acceptors (Lipinski definition) is 10. The predicted octanol–water partition coefficient (Wildman–Crippen LogP) is 7.63. The van der Waals surface area contributed by atoms with Gasteiger partial charge in [0.25, 0.3) is 0 Å². The van der Waals surface area contributed by atoms with Gasteiger partial charge in [-0.15, -0.1) is 0 Å². The van der Waals surface area contributed by atoms with Crippen LogP contribution in [0.3, 0.4) is 0 Å². The monoisotopic (exact) mass is 797 g/mol. The van der Waals surface area contributed by atoms with Crippen molar-refractivity contribution in [3.63, 3.8) is 0 Å². The highest BCUT2D eigenvalue weighted by Gasteiger charge is 2.30. The van der Waals surface area contributed by atoms with Crippen LogP contribution in [0.25, 0.3) is 22.0 Å². The third kappa shape index (κ3) is 7.69. The molecule has 3 fully saturated rings. The van der Waals surface area contributed by atoms with Gasteiger partial charge >= 0.3 is 0 Å². The molecular formula is C40H49BrN9O2P. The number of likely N-dealkylation sites (N-methyl/N-ethyl adjacent to an activating group) is 1. The van der Waals surface area contributed by atoms with Crippen LogP contribution in [0.2, 0.25) is 0 Å². The van der Waals surface area contributed by atoms with Crippen LogP contribution in [0.1, 0.15) is 37.3 Å². The fraction of sp³-hybridized carbons (Fsp3) is 0.425. The molecule has 0 radical (unpaired) electrons. The predicted molar refractivity (Wildman–Crippen MR) is 221 cm³/mol. The number of halogens is 1. The summed E-state index contributed by atoms with van der Waals surface area (Å²) in [6, 6.07) is 15.2. The molecule has 0 atom stereocenters. The van der Waals surface area contributed by atoms with Gasteiger partial charge in [0, 0.05) is 116 Å². The van der Waals surface area contributed by atoms with Crippen molar-refractivity contribution in [2.24, 2.45) is 7.05 Å². The van der Waals surface area contributed by atoms with E-state index >= 15 is 0 Å². The van der Waals surface area contributed by atoms with Crippen molar-refractivity contribution in [3.05, 3.63) is 71.2 Å².